The van der Waals surface area contributed by atoms with Gasteiger partial charge in [0, 0.05) is 19.5 Å². The highest BCUT2D eigenvalue weighted by Crippen LogP contribution is 2.32. The molecule has 3 rings (SSSR count). The molecule has 7 heteroatoms. The van der Waals surface area contributed by atoms with Gasteiger partial charge in [0.25, 0.3) is 0 Å². The van der Waals surface area contributed by atoms with E-state index in [2.05, 4.69) is 12.2 Å². The molecule has 32 heavy (non-hydrogen) atoms. The van der Waals surface area contributed by atoms with Crippen molar-refractivity contribution in [2.45, 2.75) is 52.1 Å². The average Bonchev–Trinajstić information content (AvgIpc) is 3.29. The number of ether oxygens (including phenoxy) is 3. The number of unbranched alkanes of at least 4 members (excludes halogenated alkanes) is 1. The Labute approximate surface area is 189 Å². The summed E-state index contributed by atoms with van der Waals surface area (Å²) in [5, 5.41) is 2.94. The first-order valence-corrected chi connectivity index (χ1v) is 11.1. The minimum atomic E-state index is -0.571. The molecule has 0 saturated heterocycles. The molecule has 7 nitrogen and oxygen atoms in total. The van der Waals surface area contributed by atoms with Crippen LogP contribution in [0.4, 0.5) is 0 Å². The van der Waals surface area contributed by atoms with Gasteiger partial charge in [-0.2, -0.15) is 0 Å². The summed E-state index contributed by atoms with van der Waals surface area (Å²) in [5.74, 6) is 1.96. The molecule has 2 amide bonds. The van der Waals surface area contributed by atoms with E-state index in [0.717, 1.165) is 35.5 Å². The van der Waals surface area contributed by atoms with E-state index in [0.29, 0.717) is 31.7 Å². The van der Waals surface area contributed by atoms with Crippen LogP contribution in [-0.4, -0.2) is 43.2 Å². The van der Waals surface area contributed by atoms with Gasteiger partial charge in [-0.3, -0.25) is 9.59 Å². The Bertz CT molecular complexity index is 913. The lowest BCUT2D eigenvalue weighted by atomic mass is 10.1. The third-order valence-corrected chi connectivity index (χ3v) is 5.57. The number of hydrogen-bond donors (Lipinski definition) is 1. The largest absolute Gasteiger partial charge is 0.497 e. The Morgan fingerprint density at radius 1 is 1.09 bits per heavy atom. The number of fused-ring (bicyclic) bond motifs is 1. The van der Waals surface area contributed by atoms with Crippen molar-refractivity contribution >= 4 is 11.8 Å². The lowest BCUT2D eigenvalue weighted by Gasteiger charge is -2.29. The first kappa shape index (κ1) is 23.4. The summed E-state index contributed by atoms with van der Waals surface area (Å²) in [6.07, 6.45) is 2.76. The number of benzene rings is 2. The fourth-order valence-corrected chi connectivity index (χ4v) is 3.54. The Balaban J connectivity index is 1.69. The summed E-state index contributed by atoms with van der Waals surface area (Å²) in [7, 11) is 1.61. The number of carbonyl (C=O) groups excluding carboxylic acids is 2. The molecule has 2 aromatic rings. The van der Waals surface area contributed by atoms with Crippen LogP contribution in [0.5, 0.6) is 17.2 Å². The second kappa shape index (κ2) is 11.4. The van der Waals surface area contributed by atoms with Crippen LogP contribution in [0.15, 0.2) is 42.5 Å². The maximum Gasteiger partial charge on any atom is 0.242 e. The maximum absolute atomic E-state index is 13.2. The van der Waals surface area contributed by atoms with Crippen molar-refractivity contribution in [3.63, 3.8) is 0 Å². The van der Waals surface area contributed by atoms with Gasteiger partial charge in [-0.05, 0) is 55.2 Å². The topological polar surface area (TPSA) is 77.1 Å². The molecule has 1 aliphatic rings. The Morgan fingerprint density at radius 2 is 1.81 bits per heavy atom. The summed E-state index contributed by atoms with van der Waals surface area (Å²) in [5.41, 5.74) is 1.93. The summed E-state index contributed by atoms with van der Waals surface area (Å²) < 4.78 is 16.0. The molecule has 0 bridgehead atoms. The number of aryl methyl sites for hydroxylation is 1. The number of hydrogen-bond acceptors (Lipinski definition) is 5. The lowest BCUT2D eigenvalue weighted by molar-refractivity contribution is -0.140. The third kappa shape index (κ3) is 6.15. The van der Waals surface area contributed by atoms with Crippen molar-refractivity contribution in [3.05, 3.63) is 53.6 Å². The molecule has 0 radical (unpaired) electrons. The molecule has 1 heterocycles. The van der Waals surface area contributed by atoms with Crippen molar-refractivity contribution in [2.24, 2.45) is 0 Å². The van der Waals surface area contributed by atoms with Crippen molar-refractivity contribution in [1.29, 1.82) is 0 Å². The van der Waals surface area contributed by atoms with Crippen LogP contribution in [0.1, 0.15) is 44.2 Å². The first-order valence-electron chi connectivity index (χ1n) is 11.1. The van der Waals surface area contributed by atoms with E-state index in [9.17, 15) is 9.59 Å². The molecular weight excluding hydrogens is 408 g/mol. The highest BCUT2D eigenvalue weighted by atomic mass is 16.7. The van der Waals surface area contributed by atoms with Gasteiger partial charge in [-0.15, -0.1) is 0 Å². The SMILES string of the molecule is CCCCNC(=O)[C@H](C)N(Cc1ccc(OC)cc1)C(=O)CCc1ccc2c(c1)OCO2. The van der Waals surface area contributed by atoms with Crippen LogP contribution in [0.25, 0.3) is 0 Å². The zero-order valence-electron chi connectivity index (χ0n) is 19.1. The molecule has 172 valence electrons. The molecule has 2 aromatic carbocycles. The zero-order chi connectivity index (χ0) is 22.9. The van der Waals surface area contributed by atoms with E-state index >= 15 is 0 Å². The maximum atomic E-state index is 13.2. The van der Waals surface area contributed by atoms with Gasteiger partial charge in [-0.1, -0.05) is 31.5 Å². The first-order chi connectivity index (χ1) is 15.5. The lowest BCUT2D eigenvalue weighted by Crippen LogP contribution is -2.47. The van der Waals surface area contributed by atoms with Crippen LogP contribution in [0.2, 0.25) is 0 Å². The molecule has 0 aliphatic carbocycles. The van der Waals surface area contributed by atoms with Gasteiger partial charge in [0.15, 0.2) is 11.5 Å². The third-order valence-electron chi connectivity index (χ3n) is 5.57. The molecule has 0 saturated carbocycles. The standard InChI is InChI=1S/C25H32N2O5/c1-4-5-14-26-25(29)18(2)27(16-20-6-10-21(30-3)11-7-20)24(28)13-9-19-8-12-22-23(15-19)32-17-31-22/h6-8,10-12,15,18H,4-5,9,13-14,16-17H2,1-3H3,(H,26,29)/t18-/m0/s1. The number of nitrogens with zero attached hydrogens (tertiary/aromatic N) is 1. The molecule has 0 aromatic heterocycles. The Hall–Kier alpha value is -3.22. The highest BCUT2D eigenvalue weighted by molar-refractivity contribution is 5.87. The van der Waals surface area contributed by atoms with Crippen molar-refractivity contribution in [2.75, 3.05) is 20.4 Å². The number of rotatable bonds is 11. The van der Waals surface area contributed by atoms with Crippen molar-refractivity contribution in [3.8, 4) is 17.2 Å². The second-order valence-electron chi connectivity index (χ2n) is 7.88. The average molecular weight is 441 g/mol. The zero-order valence-corrected chi connectivity index (χ0v) is 19.1. The van der Waals surface area contributed by atoms with Gasteiger partial charge in [0.05, 0.1) is 7.11 Å². The van der Waals surface area contributed by atoms with E-state index in [1.165, 1.54) is 0 Å². The molecular formula is C25H32N2O5. The fraction of sp³-hybridized carbons (Fsp3) is 0.440. The van der Waals surface area contributed by atoms with Crippen LogP contribution >= 0.6 is 0 Å². The van der Waals surface area contributed by atoms with E-state index in [-0.39, 0.29) is 18.6 Å². The van der Waals surface area contributed by atoms with E-state index in [1.807, 2.05) is 42.5 Å². The number of carbonyl (C=O) groups is 2. The van der Waals surface area contributed by atoms with Crippen LogP contribution in [0, 0.1) is 0 Å². The van der Waals surface area contributed by atoms with Crippen molar-refractivity contribution < 1.29 is 23.8 Å². The smallest absolute Gasteiger partial charge is 0.242 e. The number of methoxy groups -OCH3 is 1. The van der Waals surface area contributed by atoms with Crippen LogP contribution in [-0.2, 0) is 22.6 Å². The van der Waals surface area contributed by atoms with Gasteiger partial charge in [0.2, 0.25) is 18.6 Å². The Morgan fingerprint density at radius 3 is 2.53 bits per heavy atom. The number of amides is 2. The van der Waals surface area contributed by atoms with E-state index < -0.39 is 6.04 Å². The van der Waals surface area contributed by atoms with Gasteiger partial charge in [0.1, 0.15) is 11.8 Å². The predicted octanol–water partition coefficient (Wildman–Crippen LogP) is 3.69. The van der Waals surface area contributed by atoms with Gasteiger partial charge >= 0.3 is 0 Å². The highest BCUT2D eigenvalue weighted by Gasteiger charge is 2.26. The quantitative estimate of drug-likeness (QED) is 0.539. The molecule has 1 N–H and O–H groups in total. The molecule has 1 aliphatic heterocycles. The molecule has 0 unspecified atom stereocenters. The molecule has 0 spiro atoms. The van der Waals surface area contributed by atoms with E-state index in [4.69, 9.17) is 14.2 Å². The summed E-state index contributed by atoms with van der Waals surface area (Å²) >= 11 is 0. The monoisotopic (exact) mass is 440 g/mol. The fourth-order valence-electron chi connectivity index (χ4n) is 3.54. The van der Waals surface area contributed by atoms with Crippen molar-refractivity contribution in [1.82, 2.24) is 10.2 Å². The van der Waals surface area contributed by atoms with Crippen LogP contribution in [0.3, 0.4) is 0 Å². The van der Waals surface area contributed by atoms with Gasteiger partial charge in [-0.25, -0.2) is 0 Å². The minimum absolute atomic E-state index is 0.0726. The summed E-state index contributed by atoms with van der Waals surface area (Å²) in [4.78, 5) is 27.6. The van der Waals surface area contributed by atoms with E-state index in [1.54, 1.807) is 18.9 Å². The molecule has 0 fully saturated rings. The minimum Gasteiger partial charge on any atom is -0.497 e. The number of nitrogens with one attached hydrogen (secondary N) is 1. The Kier molecular flexibility index (Phi) is 8.36. The molecule has 1 atom stereocenters. The van der Waals surface area contributed by atoms with Gasteiger partial charge < -0.3 is 24.4 Å². The normalized spacial score (nSPS) is 12.8. The predicted molar refractivity (Wildman–Crippen MR) is 122 cm³/mol. The second-order valence-corrected chi connectivity index (χ2v) is 7.88. The van der Waals surface area contributed by atoms with Crippen LogP contribution < -0.4 is 19.5 Å². The summed E-state index contributed by atoms with van der Waals surface area (Å²) in [6.45, 7) is 5.04. The summed E-state index contributed by atoms with van der Waals surface area (Å²) in [6, 6.07) is 12.7.